The molecule has 7 heteroatoms. The number of piperidine rings is 1. The van der Waals surface area contributed by atoms with Gasteiger partial charge in [-0.2, -0.15) is 15.2 Å². The van der Waals surface area contributed by atoms with Crippen molar-refractivity contribution in [2.24, 2.45) is 27.6 Å². The van der Waals surface area contributed by atoms with Gasteiger partial charge in [0.25, 0.3) is 0 Å². The largest absolute Gasteiger partial charge is 0.313 e. The van der Waals surface area contributed by atoms with Crippen LogP contribution in [0.25, 0.3) is 0 Å². The molecule has 362 valence electrons. The lowest BCUT2D eigenvalue weighted by Crippen LogP contribution is -2.60. The number of benzene rings is 1. The Balaban J connectivity index is 0.000000398. The second-order valence-corrected chi connectivity index (χ2v) is 28.3. The van der Waals surface area contributed by atoms with Gasteiger partial charge < -0.3 is 15.6 Å². The fourth-order valence-corrected chi connectivity index (χ4v) is 10.6. The second-order valence-electron chi connectivity index (χ2n) is 28.3. The maximum atomic E-state index is 10.2. The summed E-state index contributed by atoms with van der Waals surface area (Å²) in [5.41, 5.74) is 5.63. The zero-order valence-electron chi connectivity index (χ0n) is 46.6. The zero-order chi connectivity index (χ0) is 49.9. The van der Waals surface area contributed by atoms with Gasteiger partial charge in [-0.25, -0.2) is 0 Å². The average molecular weight is 869 g/mol. The Labute approximate surface area is 385 Å². The summed E-state index contributed by atoms with van der Waals surface area (Å²) < 4.78 is 0. The molecule has 1 fully saturated rings. The zero-order valence-corrected chi connectivity index (χ0v) is 46.6. The molecule has 0 spiro atoms. The van der Waals surface area contributed by atoms with Gasteiger partial charge in [-0.15, -0.1) is 0 Å². The molecule has 4 heterocycles. The standard InChI is InChI=1S/C13H27NO.C13H19N.2C12H23NO.C5H12/c1-11(2,3)10-8-12(4,5)14(15)13(6,7)9-10;1-12(2)10-8-6-7-9-11(10)13(3,4)14(12)5;2*1-10(2,3)9-8-11(4,5)13(14)12(9,6)7;1-5(2,3)4/h10,15H,8-9H2,1-7H3;6-9H,1-5H3;2*8,14H,1-7H3;1-4H3. The summed E-state index contributed by atoms with van der Waals surface area (Å²) in [4.78, 5) is 2.45. The van der Waals surface area contributed by atoms with Gasteiger partial charge in [0.05, 0.1) is 22.2 Å². The summed E-state index contributed by atoms with van der Waals surface area (Å²) in [6, 6.07) is 8.77. The first-order valence-corrected chi connectivity index (χ1v) is 23.6. The molecule has 5 rings (SSSR count). The minimum absolute atomic E-state index is 0.109. The van der Waals surface area contributed by atoms with E-state index in [0.29, 0.717) is 16.7 Å². The molecule has 0 amide bonds. The van der Waals surface area contributed by atoms with Crippen molar-refractivity contribution in [2.45, 2.75) is 258 Å². The van der Waals surface area contributed by atoms with Crippen LogP contribution in [-0.2, 0) is 11.1 Å². The van der Waals surface area contributed by atoms with Crippen LogP contribution >= 0.6 is 0 Å². The summed E-state index contributed by atoms with van der Waals surface area (Å²) in [6.07, 6.45) is 6.51. The maximum Gasteiger partial charge on any atom is 0.0628 e. The Kier molecular flexibility index (Phi) is 17.2. The Morgan fingerprint density at radius 2 is 0.710 bits per heavy atom. The smallest absolute Gasteiger partial charge is 0.0628 e. The van der Waals surface area contributed by atoms with E-state index < -0.39 is 0 Å². The highest BCUT2D eigenvalue weighted by molar-refractivity contribution is 5.43. The van der Waals surface area contributed by atoms with Gasteiger partial charge in [0.15, 0.2) is 0 Å². The van der Waals surface area contributed by atoms with E-state index in [9.17, 15) is 15.6 Å². The van der Waals surface area contributed by atoms with Crippen molar-refractivity contribution in [3.05, 3.63) is 58.7 Å². The van der Waals surface area contributed by atoms with Crippen LogP contribution in [0.15, 0.2) is 47.6 Å². The van der Waals surface area contributed by atoms with E-state index >= 15 is 0 Å². The first kappa shape index (κ1) is 58.4. The molecule has 1 saturated heterocycles. The first-order chi connectivity index (χ1) is 26.8. The van der Waals surface area contributed by atoms with E-state index in [4.69, 9.17) is 0 Å². The van der Waals surface area contributed by atoms with Crippen molar-refractivity contribution in [3.63, 3.8) is 0 Å². The average Bonchev–Trinajstić information content (AvgIpc) is 3.40. The fraction of sp³-hybridized carbons (Fsp3) is 0.818. The highest BCUT2D eigenvalue weighted by Gasteiger charge is 2.51. The molecule has 0 aromatic heterocycles. The van der Waals surface area contributed by atoms with Crippen molar-refractivity contribution in [3.8, 4) is 0 Å². The highest BCUT2D eigenvalue weighted by atomic mass is 16.5. The van der Waals surface area contributed by atoms with Crippen LogP contribution in [-0.4, -0.2) is 76.0 Å². The molecule has 7 nitrogen and oxygen atoms in total. The van der Waals surface area contributed by atoms with Gasteiger partial charge in [0.2, 0.25) is 0 Å². The summed E-state index contributed by atoms with van der Waals surface area (Å²) in [7, 11) is 2.21. The van der Waals surface area contributed by atoms with E-state index in [2.05, 4.69) is 221 Å². The highest BCUT2D eigenvalue weighted by Crippen LogP contribution is 2.50. The number of fused-ring (bicyclic) bond motifs is 1. The third-order valence-electron chi connectivity index (χ3n) is 13.9. The first-order valence-electron chi connectivity index (χ1n) is 23.6. The molecule has 1 aromatic carbocycles. The maximum absolute atomic E-state index is 10.2. The Morgan fingerprint density at radius 3 is 0.887 bits per heavy atom. The second kappa shape index (κ2) is 18.2. The number of hydrogen-bond donors (Lipinski definition) is 3. The molecule has 0 bridgehead atoms. The molecule has 0 aliphatic carbocycles. The van der Waals surface area contributed by atoms with E-state index in [1.807, 2.05) is 27.7 Å². The van der Waals surface area contributed by atoms with E-state index in [1.54, 1.807) is 5.06 Å². The van der Waals surface area contributed by atoms with Crippen LogP contribution in [0.2, 0.25) is 0 Å². The van der Waals surface area contributed by atoms with E-state index in [0.717, 1.165) is 12.8 Å². The lowest BCUT2D eigenvalue weighted by molar-refractivity contribution is -0.257. The molecular weight excluding hydrogens is 765 g/mol. The van der Waals surface area contributed by atoms with Crippen molar-refractivity contribution >= 4 is 0 Å². The third kappa shape index (κ3) is 13.5. The lowest BCUT2D eigenvalue weighted by Gasteiger charge is -2.54. The number of hydroxylamine groups is 6. The van der Waals surface area contributed by atoms with Crippen LogP contribution in [0.1, 0.15) is 225 Å². The van der Waals surface area contributed by atoms with Crippen molar-refractivity contribution in [1.82, 2.24) is 20.1 Å². The van der Waals surface area contributed by atoms with Crippen LogP contribution in [0, 0.1) is 27.6 Å². The molecule has 0 radical (unpaired) electrons. The molecule has 0 unspecified atom stereocenters. The Bertz CT molecular complexity index is 1590. The molecule has 0 atom stereocenters. The number of hydrogen-bond acceptors (Lipinski definition) is 7. The van der Waals surface area contributed by atoms with Gasteiger partial charge in [-0.3, -0.25) is 4.90 Å². The summed E-state index contributed by atoms with van der Waals surface area (Å²) in [5, 5.41) is 34.9. The minimum Gasteiger partial charge on any atom is -0.313 e. The quantitative estimate of drug-likeness (QED) is 0.224. The van der Waals surface area contributed by atoms with Gasteiger partial charge >= 0.3 is 0 Å². The van der Waals surface area contributed by atoms with Crippen LogP contribution in [0.4, 0.5) is 0 Å². The van der Waals surface area contributed by atoms with Gasteiger partial charge in [0.1, 0.15) is 0 Å². The van der Waals surface area contributed by atoms with Crippen molar-refractivity contribution < 1.29 is 15.6 Å². The minimum atomic E-state index is -0.262. The molecule has 3 N–H and O–H groups in total. The van der Waals surface area contributed by atoms with Crippen LogP contribution in [0.3, 0.4) is 0 Å². The van der Waals surface area contributed by atoms with E-state index in [-0.39, 0.29) is 55.1 Å². The lowest BCUT2D eigenvalue weighted by atomic mass is 9.65. The summed E-state index contributed by atoms with van der Waals surface area (Å²) in [6.45, 7) is 62.9. The van der Waals surface area contributed by atoms with Crippen molar-refractivity contribution in [1.29, 1.82) is 0 Å². The van der Waals surface area contributed by atoms with Crippen LogP contribution in [0.5, 0.6) is 0 Å². The predicted octanol–water partition coefficient (Wildman–Crippen LogP) is 15.3. The number of nitrogens with zero attached hydrogens (tertiary/aromatic N) is 4. The van der Waals surface area contributed by atoms with Gasteiger partial charge in [0, 0.05) is 22.2 Å². The van der Waals surface area contributed by atoms with E-state index in [1.165, 1.54) is 32.4 Å². The Morgan fingerprint density at radius 1 is 0.452 bits per heavy atom. The summed E-state index contributed by atoms with van der Waals surface area (Å²) in [5.74, 6) is 0.672. The molecule has 62 heavy (non-hydrogen) atoms. The van der Waals surface area contributed by atoms with Gasteiger partial charge in [-0.05, 0) is 181 Å². The monoisotopic (exact) mass is 869 g/mol. The third-order valence-corrected chi connectivity index (χ3v) is 13.9. The molecular formula is C55H104N4O3. The summed E-state index contributed by atoms with van der Waals surface area (Å²) >= 11 is 0. The molecule has 0 saturated carbocycles. The molecule has 4 aliphatic rings. The van der Waals surface area contributed by atoms with Crippen LogP contribution < -0.4 is 0 Å². The SMILES string of the molecule is CC(C)(C)C.CC(C)(C)C1=CC(C)(C)N(O)C1(C)C.CC(C)(C)C1=CC(C)(C)N(O)C1(C)C.CC(C)(C)C1CC(C)(C)N(O)C(C)(C)C1.CN1C(C)(C)c2ccccc2C1(C)C. The fourth-order valence-electron chi connectivity index (χ4n) is 10.6. The molecule has 4 aliphatic heterocycles. The normalized spacial score (nSPS) is 25.0. The topological polar surface area (TPSA) is 73.6 Å². The number of rotatable bonds is 0. The van der Waals surface area contributed by atoms with Crippen molar-refractivity contribution in [2.75, 3.05) is 7.05 Å². The van der Waals surface area contributed by atoms with Gasteiger partial charge in [-0.1, -0.05) is 126 Å². The molecule has 1 aromatic rings. The predicted molar refractivity (Wildman–Crippen MR) is 268 cm³/mol. The Hall–Kier alpha value is -1.58.